The molecule has 0 aromatic heterocycles. The maximum absolute atomic E-state index is 11.7. The fourth-order valence-corrected chi connectivity index (χ4v) is 2.02. The summed E-state index contributed by atoms with van der Waals surface area (Å²) in [7, 11) is 0. The second-order valence-corrected chi connectivity index (χ2v) is 4.68. The molecule has 0 aliphatic carbocycles. The number of hydrogen-bond acceptors (Lipinski definition) is 5. The molecule has 0 atom stereocenters. The molecule has 0 radical (unpaired) electrons. The number of phenols is 1. The van der Waals surface area contributed by atoms with Crippen molar-refractivity contribution in [3.8, 4) is 5.75 Å². The van der Waals surface area contributed by atoms with E-state index in [-0.39, 0.29) is 17.2 Å². The van der Waals surface area contributed by atoms with Gasteiger partial charge in [-0.2, -0.15) is 0 Å². The van der Waals surface area contributed by atoms with E-state index >= 15 is 0 Å². The van der Waals surface area contributed by atoms with Crippen LogP contribution < -0.4 is 10.7 Å². The van der Waals surface area contributed by atoms with Crippen LogP contribution in [0.4, 0.5) is 0 Å². The Labute approximate surface area is 107 Å². The highest BCUT2D eigenvalue weighted by Gasteiger charge is 2.17. The lowest BCUT2D eigenvalue weighted by molar-refractivity contribution is -0.116. The van der Waals surface area contributed by atoms with Crippen LogP contribution in [-0.4, -0.2) is 27.8 Å². The highest BCUT2D eigenvalue weighted by atomic mass is 32.2. The Morgan fingerprint density at radius 1 is 1.56 bits per heavy atom. The van der Waals surface area contributed by atoms with E-state index in [9.17, 15) is 14.7 Å². The summed E-state index contributed by atoms with van der Waals surface area (Å²) in [5, 5.41) is 16.2. The number of rotatable bonds is 2. The number of aromatic hydroxyl groups is 1. The van der Waals surface area contributed by atoms with Crippen LogP contribution in [-0.2, 0) is 4.79 Å². The van der Waals surface area contributed by atoms with Gasteiger partial charge in [0.2, 0.25) is 5.91 Å². The summed E-state index contributed by atoms with van der Waals surface area (Å²) in [6.07, 6.45) is 0. The first-order valence-corrected chi connectivity index (χ1v) is 6.15. The van der Waals surface area contributed by atoms with Crippen molar-refractivity contribution < 1.29 is 14.7 Å². The second-order valence-electron chi connectivity index (χ2n) is 3.72. The summed E-state index contributed by atoms with van der Waals surface area (Å²) in [6.45, 7) is 1.81. The van der Waals surface area contributed by atoms with Crippen LogP contribution in [0.3, 0.4) is 0 Å². The van der Waals surface area contributed by atoms with Crippen LogP contribution in [0.1, 0.15) is 15.9 Å². The molecule has 1 aromatic rings. The van der Waals surface area contributed by atoms with Crippen LogP contribution in [0, 0.1) is 6.92 Å². The van der Waals surface area contributed by atoms with Gasteiger partial charge in [-0.3, -0.25) is 9.59 Å². The molecule has 1 fully saturated rings. The number of nitrogens with one attached hydrogen (secondary N) is 2. The molecule has 3 N–H and O–H groups in total. The van der Waals surface area contributed by atoms with Crippen LogP contribution in [0.15, 0.2) is 23.3 Å². The Hall–Kier alpha value is -2.02. The molecular formula is C11H11N3O3S. The molecule has 0 spiro atoms. The van der Waals surface area contributed by atoms with E-state index in [1.165, 1.54) is 23.9 Å². The van der Waals surface area contributed by atoms with Gasteiger partial charge >= 0.3 is 0 Å². The molecule has 0 saturated carbocycles. The SMILES string of the molecule is Cc1ccc(C(=O)N/N=C2/NC(=O)CS2)c(O)c1. The molecule has 0 bridgehead atoms. The third-order valence-corrected chi connectivity index (χ3v) is 3.12. The lowest BCUT2D eigenvalue weighted by atomic mass is 10.1. The predicted molar refractivity (Wildman–Crippen MR) is 68.3 cm³/mol. The number of amidine groups is 1. The highest BCUT2D eigenvalue weighted by molar-refractivity contribution is 8.15. The fraction of sp³-hybridized carbons (Fsp3) is 0.182. The summed E-state index contributed by atoms with van der Waals surface area (Å²) >= 11 is 1.21. The molecule has 1 aliphatic rings. The van der Waals surface area contributed by atoms with Gasteiger partial charge in [-0.25, -0.2) is 5.43 Å². The van der Waals surface area contributed by atoms with Gasteiger partial charge in [0.1, 0.15) is 5.75 Å². The summed E-state index contributed by atoms with van der Waals surface area (Å²) in [6, 6.07) is 4.72. The fourth-order valence-electron chi connectivity index (χ4n) is 1.38. The first-order valence-electron chi connectivity index (χ1n) is 5.16. The van der Waals surface area contributed by atoms with Gasteiger partial charge in [0.25, 0.3) is 5.91 Å². The minimum atomic E-state index is -0.526. The second kappa shape index (κ2) is 5.09. The normalized spacial score (nSPS) is 16.7. The highest BCUT2D eigenvalue weighted by Crippen LogP contribution is 2.18. The Morgan fingerprint density at radius 3 is 2.94 bits per heavy atom. The number of hydrazone groups is 1. The third kappa shape index (κ3) is 2.80. The molecule has 1 aliphatic heterocycles. The average Bonchev–Trinajstić information content (AvgIpc) is 2.72. The maximum atomic E-state index is 11.7. The van der Waals surface area contributed by atoms with Crippen molar-refractivity contribution >= 4 is 28.7 Å². The molecule has 2 amide bonds. The van der Waals surface area contributed by atoms with Gasteiger partial charge < -0.3 is 10.4 Å². The smallest absolute Gasteiger partial charge is 0.275 e. The first-order chi connectivity index (χ1) is 8.56. The van der Waals surface area contributed by atoms with Gasteiger partial charge in [-0.05, 0) is 24.6 Å². The number of amides is 2. The first kappa shape index (κ1) is 12.4. The standard InChI is InChI=1S/C11H11N3O3S/c1-6-2-3-7(8(15)4-6)10(17)13-14-11-12-9(16)5-18-11/h2-4,15H,5H2,1H3,(H,13,17)(H,12,14,16). The number of carbonyl (C=O) groups is 2. The molecule has 2 rings (SSSR count). The van der Waals surface area contributed by atoms with Crippen molar-refractivity contribution in [3.05, 3.63) is 29.3 Å². The van der Waals surface area contributed by atoms with E-state index in [2.05, 4.69) is 15.8 Å². The Kier molecular flexibility index (Phi) is 3.52. The minimum absolute atomic E-state index is 0.101. The van der Waals surface area contributed by atoms with Crippen molar-refractivity contribution in [2.75, 3.05) is 5.75 Å². The molecule has 94 valence electrons. The average molecular weight is 265 g/mol. The van der Waals surface area contributed by atoms with Gasteiger partial charge in [-0.1, -0.05) is 17.8 Å². The number of nitrogens with zero attached hydrogens (tertiary/aromatic N) is 1. The van der Waals surface area contributed by atoms with Gasteiger partial charge in [-0.15, -0.1) is 5.10 Å². The summed E-state index contributed by atoms with van der Waals surface area (Å²) in [5.41, 5.74) is 3.27. The van der Waals surface area contributed by atoms with Crippen molar-refractivity contribution in [2.24, 2.45) is 5.10 Å². The lowest BCUT2D eigenvalue weighted by Gasteiger charge is -2.04. The Bertz CT molecular complexity index is 542. The molecule has 18 heavy (non-hydrogen) atoms. The topological polar surface area (TPSA) is 90.8 Å². The maximum Gasteiger partial charge on any atom is 0.275 e. The van der Waals surface area contributed by atoms with Crippen LogP contribution >= 0.6 is 11.8 Å². The quantitative estimate of drug-likeness (QED) is 0.682. The predicted octanol–water partition coefficient (Wildman–Crippen LogP) is 0.564. The summed E-state index contributed by atoms with van der Waals surface area (Å²) in [5.74, 6) is -0.478. The zero-order valence-corrected chi connectivity index (χ0v) is 10.4. The number of benzene rings is 1. The van der Waals surface area contributed by atoms with E-state index < -0.39 is 5.91 Å². The van der Waals surface area contributed by atoms with Crippen molar-refractivity contribution in [1.82, 2.24) is 10.7 Å². The number of hydrogen-bond donors (Lipinski definition) is 3. The zero-order chi connectivity index (χ0) is 13.1. The van der Waals surface area contributed by atoms with Gasteiger partial charge in [0.15, 0.2) is 5.17 Å². The van der Waals surface area contributed by atoms with E-state index in [0.29, 0.717) is 10.9 Å². The van der Waals surface area contributed by atoms with E-state index in [4.69, 9.17) is 0 Å². The molecule has 1 saturated heterocycles. The van der Waals surface area contributed by atoms with Crippen LogP contribution in [0.5, 0.6) is 5.75 Å². The third-order valence-electron chi connectivity index (χ3n) is 2.24. The van der Waals surface area contributed by atoms with E-state index in [1.54, 1.807) is 6.07 Å². The molecule has 6 nitrogen and oxygen atoms in total. The van der Waals surface area contributed by atoms with Gasteiger partial charge in [0, 0.05) is 0 Å². The van der Waals surface area contributed by atoms with Crippen LogP contribution in [0.2, 0.25) is 0 Å². The summed E-state index contributed by atoms with van der Waals surface area (Å²) in [4.78, 5) is 22.6. The zero-order valence-electron chi connectivity index (χ0n) is 9.56. The molecule has 0 unspecified atom stereocenters. The number of phenolic OH excluding ortho intramolecular Hbond substituents is 1. The molecule has 1 aromatic carbocycles. The van der Waals surface area contributed by atoms with E-state index in [1.807, 2.05) is 6.92 Å². The van der Waals surface area contributed by atoms with Crippen molar-refractivity contribution in [1.29, 1.82) is 0 Å². The van der Waals surface area contributed by atoms with Crippen LogP contribution in [0.25, 0.3) is 0 Å². The van der Waals surface area contributed by atoms with Crippen molar-refractivity contribution in [2.45, 2.75) is 6.92 Å². The largest absolute Gasteiger partial charge is 0.507 e. The number of carbonyl (C=O) groups excluding carboxylic acids is 2. The molecular weight excluding hydrogens is 254 g/mol. The van der Waals surface area contributed by atoms with Gasteiger partial charge in [0.05, 0.1) is 11.3 Å². The Balaban J connectivity index is 2.06. The Morgan fingerprint density at radius 2 is 2.33 bits per heavy atom. The van der Waals surface area contributed by atoms with E-state index in [0.717, 1.165) is 5.56 Å². The molecule has 7 heteroatoms. The number of aryl methyl sites for hydroxylation is 1. The van der Waals surface area contributed by atoms with Crippen molar-refractivity contribution in [3.63, 3.8) is 0 Å². The monoisotopic (exact) mass is 265 g/mol. The number of thioether (sulfide) groups is 1. The minimum Gasteiger partial charge on any atom is -0.507 e. The lowest BCUT2D eigenvalue weighted by Crippen LogP contribution is -2.25. The summed E-state index contributed by atoms with van der Waals surface area (Å²) < 4.78 is 0. The molecule has 1 heterocycles.